The molecule has 0 bridgehead atoms. The van der Waals surface area contributed by atoms with Crippen LogP contribution in [0.4, 0.5) is 5.69 Å². The van der Waals surface area contributed by atoms with Gasteiger partial charge in [0.2, 0.25) is 10.0 Å². The molecule has 1 unspecified atom stereocenters. The van der Waals surface area contributed by atoms with Crippen molar-refractivity contribution in [3.63, 3.8) is 0 Å². The number of rotatable bonds is 2. The minimum Gasteiger partial charge on any atom is -0.506 e. The molecule has 0 radical (unpaired) electrons. The first kappa shape index (κ1) is 14.1. The van der Waals surface area contributed by atoms with Crippen molar-refractivity contribution < 1.29 is 13.5 Å². The molecule has 0 spiro atoms. The smallest absolute Gasteiger partial charge is 0.243 e. The Morgan fingerprint density at radius 3 is 2.74 bits per heavy atom. The Labute approximate surface area is 114 Å². The van der Waals surface area contributed by atoms with E-state index >= 15 is 0 Å². The second-order valence-corrected chi connectivity index (χ2v) is 7.10. The Hall–Kier alpha value is -1.27. The summed E-state index contributed by atoms with van der Waals surface area (Å²) in [6.07, 6.45) is 2.82. The third kappa shape index (κ3) is 3.01. The Kier molecular flexibility index (Phi) is 4.01. The summed E-state index contributed by atoms with van der Waals surface area (Å²) in [4.78, 5) is 0.150. The highest BCUT2D eigenvalue weighted by Crippen LogP contribution is 2.27. The van der Waals surface area contributed by atoms with E-state index in [9.17, 15) is 13.5 Å². The predicted octanol–water partition coefficient (Wildman–Crippen LogP) is 1.79. The average molecular weight is 284 g/mol. The molecule has 1 fully saturated rings. The molecule has 1 heterocycles. The van der Waals surface area contributed by atoms with Crippen molar-refractivity contribution in [3.05, 3.63) is 18.2 Å². The molecule has 0 aromatic heterocycles. The second kappa shape index (κ2) is 5.38. The van der Waals surface area contributed by atoms with Crippen molar-refractivity contribution in [1.82, 2.24) is 4.31 Å². The molecule has 19 heavy (non-hydrogen) atoms. The van der Waals surface area contributed by atoms with Crippen LogP contribution in [0.3, 0.4) is 0 Å². The first-order chi connectivity index (χ1) is 8.91. The second-order valence-electron chi connectivity index (χ2n) is 5.16. The van der Waals surface area contributed by atoms with Gasteiger partial charge in [0.15, 0.2) is 0 Å². The molecule has 1 aliphatic rings. The number of phenols is 1. The van der Waals surface area contributed by atoms with Crippen LogP contribution in [0.25, 0.3) is 0 Å². The van der Waals surface area contributed by atoms with Crippen LogP contribution in [0, 0.1) is 5.92 Å². The minimum absolute atomic E-state index is 0.0873. The highest BCUT2D eigenvalue weighted by molar-refractivity contribution is 7.89. The van der Waals surface area contributed by atoms with E-state index in [1.807, 2.05) is 0 Å². The lowest BCUT2D eigenvalue weighted by Crippen LogP contribution is -2.32. The molecule has 3 N–H and O–H groups in total. The van der Waals surface area contributed by atoms with E-state index in [-0.39, 0.29) is 16.3 Å². The van der Waals surface area contributed by atoms with Gasteiger partial charge in [-0.05, 0) is 43.4 Å². The lowest BCUT2D eigenvalue weighted by Gasteiger charge is -2.20. The molecule has 6 heteroatoms. The zero-order chi connectivity index (χ0) is 14.0. The maximum atomic E-state index is 12.5. The molecule has 1 atom stereocenters. The van der Waals surface area contributed by atoms with Crippen molar-refractivity contribution in [2.24, 2.45) is 5.92 Å². The number of anilines is 1. The highest BCUT2D eigenvalue weighted by Gasteiger charge is 2.26. The molecule has 1 aromatic carbocycles. The van der Waals surface area contributed by atoms with Gasteiger partial charge < -0.3 is 10.8 Å². The lowest BCUT2D eigenvalue weighted by atomic mass is 10.0. The van der Waals surface area contributed by atoms with Gasteiger partial charge in [-0.3, -0.25) is 0 Å². The molecule has 0 saturated carbocycles. The van der Waals surface area contributed by atoms with Gasteiger partial charge in [-0.1, -0.05) is 6.92 Å². The third-order valence-corrected chi connectivity index (χ3v) is 5.51. The summed E-state index contributed by atoms with van der Waals surface area (Å²) >= 11 is 0. The molecular formula is C13H20N2O3S. The topological polar surface area (TPSA) is 83.6 Å². The fourth-order valence-corrected chi connectivity index (χ4v) is 3.85. The van der Waals surface area contributed by atoms with Crippen molar-refractivity contribution in [3.8, 4) is 5.75 Å². The van der Waals surface area contributed by atoms with Crippen LogP contribution in [-0.2, 0) is 10.0 Å². The number of hydrogen-bond acceptors (Lipinski definition) is 4. The SMILES string of the molecule is CC1CCCN(S(=O)(=O)c2ccc(O)c(N)c2)CC1. The maximum Gasteiger partial charge on any atom is 0.243 e. The molecule has 106 valence electrons. The molecule has 1 aliphatic heterocycles. The summed E-state index contributed by atoms with van der Waals surface area (Å²) in [6.45, 7) is 3.24. The van der Waals surface area contributed by atoms with Crippen molar-refractivity contribution in [2.75, 3.05) is 18.8 Å². The number of hydrogen-bond donors (Lipinski definition) is 2. The first-order valence-electron chi connectivity index (χ1n) is 6.50. The van der Waals surface area contributed by atoms with Gasteiger partial charge in [0.05, 0.1) is 10.6 Å². The van der Waals surface area contributed by atoms with E-state index < -0.39 is 10.0 Å². The zero-order valence-electron chi connectivity index (χ0n) is 11.0. The fraction of sp³-hybridized carbons (Fsp3) is 0.538. The van der Waals surface area contributed by atoms with Crippen LogP contribution in [-0.4, -0.2) is 30.9 Å². The van der Waals surface area contributed by atoms with E-state index in [1.165, 1.54) is 22.5 Å². The van der Waals surface area contributed by atoms with E-state index in [0.717, 1.165) is 19.3 Å². The number of nitrogen functional groups attached to an aromatic ring is 1. The molecule has 1 saturated heterocycles. The molecule has 2 rings (SSSR count). The number of aromatic hydroxyl groups is 1. The fourth-order valence-electron chi connectivity index (χ4n) is 2.32. The standard InChI is InChI=1S/C13H20N2O3S/c1-10-3-2-7-15(8-6-10)19(17,18)11-4-5-13(16)12(14)9-11/h4-5,9-10,16H,2-3,6-8,14H2,1H3. The van der Waals surface area contributed by atoms with Gasteiger partial charge in [-0.25, -0.2) is 8.42 Å². The Bertz CT molecular complexity index is 557. The summed E-state index contributed by atoms with van der Waals surface area (Å²) in [7, 11) is -3.51. The van der Waals surface area contributed by atoms with Crippen molar-refractivity contribution in [2.45, 2.75) is 31.1 Å². The third-order valence-electron chi connectivity index (χ3n) is 3.61. The van der Waals surface area contributed by atoms with Crippen molar-refractivity contribution >= 4 is 15.7 Å². The molecule has 1 aromatic rings. The van der Waals surface area contributed by atoms with Crippen LogP contribution >= 0.6 is 0 Å². The van der Waals surface area contributed by atoms with Crippen LogP contribution in [0.5, 0.6) is 5.75 Å². The largest absolute Gasteiger partial charge is 0.506 e. The summed E-state index contributed by atoms with van der Waals surface area (Å²) in [5, 5.41) is 9.37. The number of nitrogens with zero attached hydrogens (tertiary/aromatic N) is 1. The van der Waals surface area contributed by atoms with E-state index in [4.69, 9.17) is 5.73 Å². The van der Waals surface area contributed by atoms with Crippen LogP contribution in [0.1, 0.15) is 26.2 Å². The van der Waals surface area contributed by atoms with Crippen LogP contribution in [0.15, 0.2) is 23.1 Å². The monoisotopic (exact) mass is 284 g/mol. The summed E-state index contributed by atoms with van der Waals surface area (Å²) in [5.41, 5.74) is 5.65. The Balaban J connectivity index is 2.28. The lowest BCUT2D eigenvalue weighted by molar-refractivity contribution is 0.416. The van der Waals surface area contributed by atoms with Gasteiger partial charge in [0, 0.05) is 13.1 Å². The van der Waals surface area contributed by atoms with Crippen LogP contribution in [0.2, 0.25) is 0 Å². The maximum absolute atomic E-state index is 12.5. The van der Waals surface area contributed by atoms with Crippen molar-refractivity contribution in [1.29, 1.82) is 0 Å². The summed E-state index contributed by atoms with van der Waals surface area (Å²) in [5.74, 6) is 0.466. The molecule has 5 nitrogen and oxygen atoms in total. The number of phenolic OH excluding ortho intramolecular Hbond substituents is 1. The Morgan fingerprint density at radius 2 is 2.05 bits per heavy atom. The number of nitrogens with two attached hydrogens (primary N) is 1. The summed E-state index contributed by atoms with van der Waals surface area (Å²) < 4.78 is 26.5. The van der Waals surface area contributed by atoms with E-state index in [2.05, 4.69) is 6.92 Å². The summed E-state index contributed by atoms with van der Waals surface area (Å²) in [6, 6.07) is 4.04. The minimum atomic E-state index is -3.51. The Morgan fingerprint density at radius 1 is 1.32 bits per heavy atom. The normalized spacial score (nSPS) is 22.1. The van der Waals surface area contributed by atoms with Gasteiger partial charge >= 0.3 is 0 Å². The van der Waals surface area contributed by atoms with E-state index in [1.54, 1.807) is 0 Å². The molecule has 0 amide bonds. The predicted molar refractivity (Wildman–Crippen MR) is 74.3 cm³/mol. The van der Waals surface area contributed by atoms with Gasteiger partial charge in [-0.15, -0.1) is 0 Å². The van der Waals surface area contributed by atoms with Crippen LogP contribution < -0.4 is 5.73 Å². The first-order valence-corrected chi connectivity index (χ1v) is 7.94. The van der Waals surface area contributed by atoms with Gasteiger partial charge in [0.1, 0.15) is 5.75 Å². The highest BCUT2D eigenvalue weighted by atomic mass is 32.2. The average Bonchev–Trinajstić information content (AvgIpc) is 2.57. The van der Waals surface area contributed by atoms with E-state index in [0.29, 0.717) is 19.0 Å². The molecular weight excluding hydrogens is 264 g/mol. The quantitative estimate of drug-likeness (QED) is 0.640. The number of benzene rings is 1. The molecule has 0 aliphatic carbocycles. The van der Waals surface area contributed by atoms with Gasteiger partial charge in [0.25, 0.3) is 0 Å². The number of sulfonamides is 1. The zero-order valence-corrected chi connectivity index (χ0v) is 11.9. The van der Waals surface area contributed by atoms with Gasteiger partial charge in [-0.2, -0.15) is 4.31 Å².